The SMILES string of the molecule is O=C1CCC2(C(=O)NCc3cccnc3)CCCC=C2N1Cc1ccccc1. The number of allylic oxidation sites excluding steroid dienone is 1. The molecular weight excluding hydrogens is 350 g/mol. The van der Waals surface area contributed by atoms with E-state index in [0.717, 1.165) is 36.1 Å². The summed E-state index contributed by atoms with van der Waals surface area (Å²) in [6, 6.07) is 13.8. The number of benzene rings is 1. The molecule has 1 N–H and O–H groups in total. The lowest BCUT2D eigenvalue weighted by Gasteiger charge is -2.46. The van der Waals surface area contributed by atoms with Crippen molar-refractivity contribution in [3.8, 4) is 0 Å². The number of hydrogen-bond donors (Lipinski definition) is 1. The Balaban J connectivity index is 1.57. The highest BCUT2D eigenvalue weighted by molar-refractivity contribution is 5.91. The first-order valence-electron chi connectivity index (χ1n) is 9.91. The van der Waals surface area contributed by atoms with Gasteiger partial charge in [-0.2, -0.15) is 0 Å². The van der Waals surface area contributed by atoms with Crippen molar-refractivity contribution in [1.29, 1.82) is 0 Å². The zero-order chi connectivity index (χ0) is 19.4. The summed E-state index contributed by atoms with van der Waals surface area (Å²) in [4.78, 5) is 32.0. The van der Waals surface area contributed by atoms with Gasteiger partial charge in [-0.05, 0) is 42.9 Å². The Kier molecular flexibility index (Phi) is 5.24. The van der Waals surface area contributed by atoms with Gasteiger partial charge in [0, 0.05) is 31.1 Å². The van der Waals surface area contributed by atoms with Gasteiger partial charge < -0.3 is 10.2 Å². The molecule has 2 heterocycles. The number of carbonyl (C=O) groups excluding carboxylic acids is 2. The van der Waals surface area contributed by atoms with Gasteiger partial charge in [0.15, 0.2) is 0 Å². The number of pyridine rings is 1. The number of likely N-dealkylation sites (tertiary alicyclic amines) is 1. The molecule has 4 rings (SSSR count). The maximum absolute atomic E-state index is 13.3. The van der Waals surface area contributed by atoms with E-state index in [4.69, 9.17) is 0 Å². The molecule has 1 fully saturated rings. The van der Waals surface area contributed by atoms with Crippen LogP contribution in [0.5, 0.6) is 0 Å². The lowest BCUT2D eigenvalue weighted by Crippen LogP contribution is -2.52. The van der Waals surface area contributed by atoms with Gasteiger partial charge in [-0.3, -0.25) is 14.6 Å². The second-order valence-corrected chi connectivity index (χ2v) is 7.57. The van der Waals surface area contributed by atoms with E-state index in [1.807, 2.05) is 47.4 Å². The van der Waals surface area contributed by atoms with Crippen molar-refractivity contribution in [2.24, 2.45) is 5.41 Å². The number of amides is 2. The van der Waals surface area contributed by atoms with Gasteiger partial charge >= 0.3 is 0 Å². The molecule has 2 amide bonds. The fraction of sp³-hybridized carbons (Fsp3) is 0.348. The van der Waals surface area contributed by atoms with Crippen LogP contribution in [-0.2, 0) is 22.7 Å². The minimum atomic E-state index is -0.608. The van der Waals surface area contributed by atoms with Crippen molar-refractivity contribution in [1.82, 2.24) is 15.2 Å². The standard InChI is InChI=1S/C23H25N3O2/c27-21-11-13-23(22(28)25-16-19-9-6-14-24-15-19)12-5-4-10-20(23)26(21)17-18-7-2-1-3-8-18/h1-3,6-10,14-15H,4-5,11-13,16-17H2,(H,25,28). The van der Waals surface area contributed by atoms with Crippen LogP contribution >= 0.6 is 0 Å². The van der Waals surface area contributed by atoms with E-state index in [9.17, 15) is 9.59 Å². The number of carbonyl (C=O) groups is 2. The van der Waals surface area contributed by atoms with Crippen LogP contribution in [0.25, 0.3) is 0 Å². The smallest absolute Gasteiger partial charge is 0.232 e. The van der Waals surface area contributed by atoms with Crippen molar-refractivity contribution < 1.29 is 9.59 Å². The van der Waals surface area contributed by atoms with E-state index in [0.29, 0.717) is 25.9 Å². The summed E-state index contributed by atoms with van der Waals surface area (Å²) in [5, 5.41) is 3.10. The topological polar surface area (TPSA) is 62.3 Å². The Morgan fingerprint density at radius 1 is 1.11 bits per heavy atom. The molecule has 1 aromatic heterocycles. The monoisotopic (exact) mass is 375 g/mol. The normalized spacial score (nSPS) is 21.6. The van der Waals surface area contributed by atoms with Gasteiger partial charge in [-0.15, -0.1) is 0 Å². The third-order valence-electron chi connectivity index (χ3n) is 5.79. The second kappa shape index (κ2) is 7.97. The Labute approximate surface area is 165 Å². The van der Waals surface area contributed by atoms with E-state index < -0.39 is 5.41 Å². The van der Waals surface area contributed by atoms with Crippen LogP contribution in [0.1, 0.15) is 43.2 Å². The molecule has 5 nitrogen and oxygen atoms in total. The lowest BCUT2D eigenvalue weighted by molar-refractivity contribution is -0.141. The van der Waals surface area contributed by atoms with Gasteiger partial charge in [-0.1, -0.05) is 42.5 Å². The molecule has 1 unspecified atom stereocenters. The fourth-order valence-electron chi connectivity index (χ4n) is 4.31. The highest BCUT2D eigenvalue weighted by atomic mass is 16.2. The van der Waals surface area contributed by atoms with Crippen LogP contribution in [-0.4, -0.2) is 21.7 Å². The summed E-state index contributed by atoms with van der Waals surface area (Å²) >= 11 is 0. The molecule has 0 radical (unpaired) electrons. The zero-order valence-corrected chi connectivity index (χ0v) is 15.9. The molecule has 1 aliphatic carbocycles. The van der Waals surface area contributed by atoms with Gasteiger partial charge in [-0.25, -0.2) is 0 Å². The van der Waals surface area contributed by atoms with E-state index >= 15 is 0 Å². The molecule has 1 aromatic carbocycles. The molecular formula is C23H25N3O2. The predicted octanol–water partition coefficient (Wildman–Crippen LogP) is 3.57. The van der Waals surface area contributed by atoms with Crippen LogP contribution in [0.4, 0.5) is 0 Å². The van der Waals surface area contributed by atoms with Crippen LogP contribution in [0, 0.1) is 5.41 Å². The summed E-state index contributed by atoms with van der Waals surface area (Å²) in [7, 11) is 0. The third-order valence-corrected chi connectivity index (χ3v) is 5.79. The third kappa shape index (κ3) is 3.57. The first kappa shape index (κ1) is 18.4. The second-order valence-electron chi connectivity index (χ2n) is 7.57. The Bertz CT molecular complexity index is 879. The molecule has 2 aliphatic rings. The summed E-state index contributed by atoms with van der Waals surface area (Å²) < 4.78 is 0. The predicted molar refractivity (Wildman–Crippen MR) is 107 cm³/mol. The number of piperidine rings is 1. The summed E-state index contributed by atoms with van der Waals surface area (Å²) in [6.07, 6.45) is 9.25. The largest absolute Gasteiger partial charge is 0.351 e. The first-order chi connectivity index (χ1) is 13.7. The molecule has 1 atom stereocenters. The van der Waals surface area contributed by atoms with Crippen LogP contribution in [0.2, 0.25) is 0 Å². The maximum atomic E-state index is 13.3. The van der Waals surface area contributed by atoms with E-state index in [1.165, 1.54) is 0 Å². The van der Waals surface area contributed by atoms with Gasteiger partial charge in [0.25, 0.3) is 0 Å². The average molecular weight is 375 g/mol. The van der Waals surface area contributed by atoms with E-state index in [1.54, 1.807) is 12.4 Å². The number of rotatable bonds is 5. The molecule has 0 saturated carbocycles. The number of nitrogens with one attached hydrogen (secondary N) is 1. The fourth-order valence-corrected chi connectivity index (χ4v) is 4.31. The molecule has 144 valence electrons. The molecule has 1 saturated heterocycles. The average Bonchev–Trinajstić information content (AvgIpc) is 2.75. The lowest BCUT2D eigenvalue weighted by atomic mass is 9.69. The Morgan fingerprint density at radius 3 is 2.71 bits per heavy atom. The quantitative estimate of drug-likeness (QED) is 0.869. The van der Waals surface area contributed by atoms with Gasteiger partial charge in [0.1, 0.15) is 0 Å². The molecule has 0 spiro atoms. The van der Waals surface area contributed by atoms with E-state index in [-0.39, 0.29) is 11.8 Å². The minimum Gasteiger partial charge on any atom is -0.351 e. The van der Waals surface area contributed by atoms with Crippen molar-refractivity contribution in [3.05, 3.63) is 77.8 Å². The molecule has 5 heteroatoms. The summed E-state index contributed by atoms with van der Waals surface area (Å²) in [5.41, 5.74) is 2.33. The van der Waals surface area contributed by atoms with E-state index in [2.05, 4.69) is 16.4 Å². The van der Waals surface area contributed by atoms with Gasteiger partial charge in [0.2, 0.25) is 11.8 Å². The molecule has 28 heavy (non-hydrogen) atoms. The Morgan fingerprint density at radius 2 is 1.93 bits per heavy atom. The summed E-state index contributed by atoms with van der Waals surface area (Å²) in [5.74, 6) is 0.126. The molecule has 1 aliphatic heterocycles. The highest BCUT2D eigenvalue weighted by Gasteiger charge is 2.49. The van der Waals surface area contributed by atoms with Crippen LogP contribution < -0.4 is 5.32 Å². The number of fused-ring (bicyclic) bond motifs is 1. The van der Waals surface area contributed by atoms with Crippen molar-refractivity contribution in [2.45, 2.75) is 45.2 Å². The molecule has 0 bridgehead atoms. The van der Waals surface area contributed by atoms with Gasteiger partial charge in [0.05, 0.1) is 12.0 Å². The number of hydrogen-bond acceptors (Lipinski definition) is 3. The van der Waals surface area contributed by atoms with Crippen LogP contribution in [0.3, 0.4) is 0 Å². The highest BCUT2D eigenvalue weighted by Crippen LogP contribution is 2.47. The van der Waals surface area contributed by atoms with Crippen molar-refractivity contribution >= 4 is 11.8 Å². The first-order valence-corrected chi connectivity index (χ1v) is 9.91. The molecule has 2 aromatic rings. The summed E-state index contributed by atoms with van der Waals surface area (Å²) in [6.45, 7) is 0.970. The van der Waals surface area contributed by atoms with Crippen molar-refractivity contribution in [3.63, 3.8) is 0 Å². The minimum absolute atomic E-state index is 0.0212. The maximum Gasteiger partial charge on any atom is 0.232 e. The zero-order valence-electron chi connectivity index (χ0n) is 15.9. The number of nitrogens with zero attached hydrogens (tertiary/aromatic N) is 2. The van der Waals surface area contributed by atoms with Crippen molar-refractivity contribution in [2.75, 3.05) is 0 Å². The van der Waals surface area contributed by atoms with Crippen LogP contribution in [0.15, 0.2) is 66.6 Å². The Hall–Kier alpha value is -2.95. The number of aromatic nitrogens is 1.